The molecule has 1 aliphatic heterocycles. The molecule has 0 radical (unpaired) electrons. The molecule has 1 fully saturated rings. The van der Waals surface area contributed by atoms with Gasteiger partial charge >= 0.3 is 0 Å². The molecule has 2 atom stereocenters. The molecule has 2 heteroatoms. The van der Waals surface area contributed by atoms with Crippen molar-refractivity contribution in [2.24, 2.45) is 0 Å². The molecule has 0 bridgehead atoms. The Hall–Kier alpha value is -0.603. The van der Waals surface area contributed by atoms with Crippen LogP contribution in [0.2, 0.25) is 5.54 Å². The van der Waals surface area contributed by atoms with Crippen molar-refractivity contribution in [3.05, 3.63) is 35.9 Å². The van der Waals surface area contributed by atoms with E-state index in [4.69, 9.17) is 4.74 Å². The summed E-state index contributed by atoms with van der Waals surface area (Å²) in [5.41, 5.74) is 3.29. The van der Waals surface area contributed by atoms with Crippen LogP contribution in [0.4, 0.5) is 0 Å². The van der Waals surface area contributed by atoms with E-state index >= 15 is 0 Å². The predicted molar refractivity (Wildman–Crippen MR) is 123 cm³/mol. The standard InChI is InChI=1S/C25H44OSi/c1-4-5-6-7-8-9-10-14-19-23(27-24-20-15-16-21-26-24)25(2,3)22-17-12-11-13-18-22/h11-13,17-18,23-24H,4-10,14-16,19-21,27H2,1-3H3. The van der Waals surface area contributed by atoms with E-state index in [1.54, 1.807) is 0 Å². The van der Waals surface area contributed by atoms with Crippen molar-refractivity contribution in [2.45, 2.75) is 115 Å². The summed E-state index contributed by atoms with van der Waals surface area (Å²) < 4.78 is 6.18. The highest BCUT2D eigenvalue weighted by molar-refractivity contribution is 6.39. The molecule has 1 aliphatic rings. The molecule has 1 aromatic rings. The first kappa shape index (κ1) is 22.7. The smallest absolute Gasteiger partial charge is 0.0595 e. The van der Waals surface area contributed by atoms with Gasteiger partial charge in [-0.3, -0.25) is 0 Å². The van der Waals surface area contributed by atoms with Gasteiger partial charge in [-0.15, -0.1) is 0 Å². The second kappa shape index (κ2) is 12.8. The molecule has 27 heavy (non-hydrogen) atoms. The lowest BCUT2D eigenvalue weighted by Crippen LogP contribution is -2.36. The molecule has 2 unspecified atom stereocenters. The van der Waals surface area contributed by atoms with Gasteiger partial charge in [-0.2, -0.15) is 0 Å². The third-order valence-corrected chi connectivity index (χ3v) is 9.93. The fourth-order valence-corrected chi connectivity index (χ4v) is 7.52. The lowest BCUT2D eigenvalue weighted by atomic mass is 9.79. The maximum Gasteiger partial charge on any atom is 0.0595 e. The lowest BCUT2D eigenvalue weighted by Gasteiger charge is -2.38. The summed E-state index contributed by atoms with van der Waals surface area (Å²) in [6.07, 6.45) is 16.7. The van der Waals surface area contributed by atoms with Gasteiger partial charge in [0.15, 0.2) is 0 Å². The Morgan fingerprint density at radius 1 is 0.963 bits per heavy atom. The van der Waals surface area contributed by atoms with Gasteiger partial charge in [-0.1, -0.05) is 109 Å². The average molecular weight is 389 g/mol. The highest BCUT2D eigenvalue weighted by Gasteiger charge is 2.33. The maximum absolute atomic E-state index is 6.18. The zero-order chi connectivity index (χ0) is 19.4. The van der Waals surface area contributed by atoms with E-state index < -0.39 is 0 Å². The van der Waals surface area contributed by atoms with E-state index in [0.29, 0.717) is 5.73 Å². The van der Waals surface area contributed by atoms with Gasteiger partial charge in [0.1, 0.15) is 0 Å². The van der Waals surface area contributed by atoms with Crippen molar-refractivity contribution in [1.82, 2.24) is 0 Å². The molecule has 1 nitrogen and oxygen atoms in total. The van der Waals surface area contributed by atoms with Crippen LogP contribution in [-0.2, 0) is 10.2 Å². The van der Waals surface area contributed by atoms with Crippen LogP contribution in [0.1, 0.15) is 103 Å². The fourth-order valence-electron chi connectivity index (χ4n) is 4.71. The molecule has 154 valence electrons. The summed E-state index contributed by atoms with van der Waals surface area (Å²) in [7, 11) is -0.241. The molecule has 0 amide bonds. The maximum atomic E-state index is 6.18. The van der Waals surface area contributed by atoms with Crippen LogP contribution >= 0.6 is 0 Å². The summed E-state index contributed by atoms with van der Waals surface area (Å²) in [6.45, 7) is 8.30. The second-order valence-electron chi connectivity index (χ2n) is 9.27. The molecule has 0 saturated carbocycles. The Morgan fingerprint density at radius 3 is 2.26 bits per heavy atom. The Bertz CT molecular complexity index is 478. The minimum absolute atomic E-state index is 0.241. The van der Waals surface area contributed by atoms with Crippen molar-refractivity contribution in [3.8, 4) is 0 Å². The topological polar surface area (TPSA) is 9.23 Å². The van der Waals surface area contributed by atoms with Crippen LogP contribution in [0.5, 0.6) is 0 Å². The number of rotatable bonds is 13. The lowest BCUT2D eigenvalue weighted by molar-refractivity contribution is 0.0634. The minimum atomic E-state index is -0.241. The summed E-state index contributed by atoms with van der Waals surface area (Å²) in [5.74, 6) is 0. The van der Waals surface area contributed by atoms with E-state index in [9.17, 15) is 0 Å². The minimum Gasteiger partial charge on any atom is -0.382 e. The number of ether oxygens (including phenoxy) is 1. The third kappa shape index (κ3) is 8.11. The molecule has 0 aliphatic carbocycles. The molecule has 0 aromatic heterocycles. The second-order valence-corrected chi connectivity index (χ2v) is 11.6. The average Bonchev–Trinajstić information content (AvgIpc) is 2.70. The monoisotopic (exact) mass is 388 g/mol. The Kier molecular flexibility index (Phi) is 10.7. The van der Waals surface area contributed by atoms with E-state index in [0.717, 1.165) is 12.1 Å². The largest absolute Gasteiger partial charge is 0.382 e. The van der Waals surface area contributed by atoms with Crippen molar-refractivity contribution >= 4 is 9.52 Å². The van der Waals surface area contributed by atoms with Crippen molar-refractivity contribution in [3.63, 3.8) is 0 Å². The normalized spacial score (nSPS) is 19.6. The number of hydrogen-bond acceptors (Lipinski definition) is 1. The van der Waals surface area contributed by atoms with Crippen molar-refractivity contribution in [1.29, 1.82) is 0 Å². The van der Waals surface area contributed by atoms with E-state index in [2.05, 4.69) is 51.1 Å². The van der Waals surface area contributed by atoms with Crippen LogP contribution in [-0.4, -0.2) is 21.9 Å². The zero-order valence-electron chi connectivity index (χ0n) is 18.3. The van der Waals surface area contributed by atoms with Crippen LogP contribution in [0.3, 0.4) is 0 Å². The van der Waals surface area contributed by atoms with Crippen LogP contribution in [0, 0.1) is 0 Å². The molecule has 1 aromatic carbocycles. The molecular formula is C25H44OSi. The Morgan fingerprint density at radius 2 is 1.63 bits per heavy atom. The van der Waals surface area contributed by atoms with Gasteiger partial charge in [0.2, 0.25) is 0 Å². The predicted octanol–water partition coefficient (Wildman–Crippen LogP) is 6.98. The third-order valence-electron chi connectivity index (χ3n) is 6.77. The molecule has 1 heterocycles. The van der Waals surface area contributed by atoms with Crippen LogP contribution in [0.25, 0.3) is 0 Å². The Balaban J connectivity index is 1.85. The van der Waals surface area contributed by atoms with Gasteiger partial charge in [0.25, 0.3) is 0 Å². The molecule has 0 spiro atoms. The van der Waals surface area contributed by atoms with Gasteiger partial charge < -0.3 is 4.74 Å². The van der Waals surface area contributed by atoms with E-state index in [1.807, 2.05) is 0 Å². The summed E-state index contributed by atoms with van der Waals surface area (Å²) in [6, 6.07) is 11.3. The van der Waals surface area contributed by atoms with E-state index in [1.165, 1.54) is 82.6 Å². The molecular weight excluding hydrogens is 344 g/mol. The van der Waals surface area contributed by atoms with Gasteiger partial charge in [0, 0.05) is 12.3 Å². The zero-order valence-corrected chi connectivity index (χ0v) is 19.8. The summed E-state index contributed by atoms with van der Waals surface area (Å²) in [4.78, 5) is 0. The first-order valence-corrected chi connectivity index (χ1v) is 13.4. The first-order chi connectivity index (χ1) is 13.1. The van der Waals surface area contributed by atoms with Crippen molar-refractivity contribution in [2.75, 3.05) is 6.61 Å². The highest BCUT2D eigenvalue weighted by Crippen LogP contribution is 2.40. The number of benzene rings is 1. The number of unbranched alkanes of at least 4 members (excludes halogenated alkanes) is 7. The SMILES string of the molecule is CCCCCCCCCCC([SiH2]C1CCCCO1)C(C)(C)c1ccccc1. The quantitative estimate of drug-likeness (QED) is 0.261. The van der Waals surface area contributed by atoms with E-state index in [-0.39, 0.29) is 14.9 Å². The summed E-state index contributed by atoms with van der Waals surface area (Å²) >= 11 is 0. The van der Waals surface area contributed by atoms with Gasteiger partial charge in [-0.25, -0.2) is 0 Å². The van der Waals surface area contributed by atoms with Gasteiger partial charge in [-0.05, 0) is 35.8 Å². The first-order valence-electron chi connectivity index (χ1n) is 11.8. The molecule has 0 N–H and O–H groups in total. The highest BCUT2D eigenvalue weighted by atomic mass is 28.2. The Labute approximate surface area is 171 Å². The number of hydrogen-bond donors (Lipinski definition) is 0. The fraction of sp³-hybridized carbons (Fsp3) is 0.760. The summed E-state index contributed by atoms with van der Waals surface area (Å²) in [5, 5.41) is 0. The molecule has 1 saturated heterocycles. The molecule has 2 rings (SSSR count). The van der Waals surface area contributed by atoms with Gasteiger partial charge in [0.05, 0.1) is 9.52 Å². The van der Waals surface area contributed by atoms with Crippen molar-refractivity contribution < 1.29 is 4.74 Å². The van der Waals surface area contributed by atoms with Crippen LogP contribution in [0.15, 0.2) is 30.3 Å². The van der Waals surface area contributed by atoms with Crippen LogP contribution < -0.4 is 0 Å².